The van der Waals surface area contributed by atoms with Gasteiger partial charge in [0.25, 0.3) is 0 Å². The molecule has 0 aromatic heterocycles. The van der Waals surface area contributed by atoms with Crippen LogP contribution >= 0.6 is 0 Å². The molecule has 4 atom stereocenters. The van der Waals surface area contributed by atoms with E-state index in [1.54, 1.807) is 0 Å². The predicted octanol–water partition coefficient (Wildman–Crippen LogP) is 1.00. The Bertz CT molecular complexity index is 488. The number of carbonyl (C=O) groups excluding carboxylic acids is 2. The van der Waals surface area contributed by atoms with E-state index in [0.717, 1.165) is 71.0 Å². The van der Waals surface area contributed by atoms with E-state index in [1.165, 1.54) is 0 Å². The molecule has 0 radical (unpaired) electrons. The van der Waals surface area contributed by atoms with Crippen molar-refractivity contribution in [2.75, 3.05) is 26.2 Å². The molecule has 6 heteroatoms. The Labute approximate surface area is 151 Å². The lowest BCUT2D eigenvalue weighted by molar-refractivity contribution is -0.140. The summed E-state index contributed by atoms with van der Waals surface area (Å²) in [4.78, 5) is 27.2. The quantitative estimate of drug-likeness (QED) is 0.706. The van der Waals surface area contributed by atoms with E-state index >= 15 is 0 Å². The van der Waals surface area contributed by atoms with Gasteiger partial charge in [0, 0.05) is 25.2 Å². The number of nitrogens with zero attached hydrogens (tertiary/aromatic N) is 1. The Morgan fingerprint density at radius 1 is 1.20 bits per heavy atom. The van der Waals surface area contributed by atoms with Crippen molar-refractivity contribution in [3.63, 3.8) is 0 Å². The first-order chi connectivity index (χ1) is 12.0. The number of nitrogens with two attached hydrogens (primary N) is 1. The molecule has 3 aliphatic rings. The third-order valence-corrected chi connectivity index (χ3v) is 6.32. The Morgan fingerprint density at radius 3 is 2.76 bits per heavy atom. The van der Waals surface area contributed by atoms with Crippen LogP contribution in [0.1, 0.15) is 58.3 Å². The fraction of sp³-hybridized carbons (Fsp3) is 0.895. The summed E-state index contributed by atoms with van der Waals surface area (Å²) < 4.78 is 0. The number of rotatable bonds is 4. The van der Waals surface area contributed by atoms with Crippen LogP contribution in [0.25, 0.3) is 0 Å². The second-order valence-corrected chi connectivity index (χ2v) is 8.49. The van der Waals surface area contributed by atoms with Crippen molar-refractivity contribution in [2.24, 2.45) is 17.6 Å². The maximum Gasteiger partial charge on any atom is 0.237 e. The SMILES string of the molecule is CC1(N)CCCCC1C(=O)N1CCCC(CNC(=O)C2CCCN2)C1. The van der Waals surface area contributed by atoms with Crippen molar-refractivity contribution >= 4 is 11.8 Å². The lowest BCUT2D eigenvalue weighted by atomic mass is 9.73. The highest BCUT2D eigenvalue weighted by Crippen LogP contribution is 2.33. The van der Waals surface area contributed by atoms with Crippen molar-refractivity contribution in [3.8, 4) is 0 Å². The molecule has 2 saturated heterocycles. The number of piperidine rings is 1. The van der Waals surface area contributed by atoms with Gasteiger partial charge in [0.2, 0.25) is 11.8 Å². The van der Waals surface area contributed by atoms with E-state index in [1.807, 2.05) is 11.8 Å². The van der Waals surface area contributed by atoms with Crippen LogP contribution in [0.4, 0.5) is 0 Å². The van der Waals surface area contributed by atoms with Crippen molar-refractivity contribution < 1.29 is 9.59 Å². The lowest BCUT2D eigenvalue weighted by Crippen LogP contribution is -2.55. The van der Waals surface area contributed by atoms with Gasteiger partial charge in [0.1, 0.15) is 0 Å². The standard InChI is InChI=1S/C19H34N4O2/c1-19(20)9-3-2-7-15(19)18(25)23-11-5-6-14(13-23)12-22-17(24)16-8-4-10-21-16/h14-16,21H,2-13,20H2,1H3,(H,22,24). The van der Waals surface area contributed by atoms with Crippen LogP contribution < -0.4 is 16.4 Å². The first kappa shape index (κ1) is 18.6. The van der Waals surface area contributed by atoms with Gasteiger partial charge in [-0.05, 0) is 57.9 Å². The molecule has 2 amide bonds. The van der Waals surface area contributed by atoms with Crippen molar-refractivity contribution in [1.29, 1.82) is 0 Å². The van der Waals surface area contributed by atoms with Gasteiger partial charge in [0.05, 0.1) is 12.0 Å². The van der Waals surface area contributed by atoms with Gasteiger partial charge in [0.15, 0.2) is 0 Å². The number of hydrogen-bond donors (Lipinski definition) is 3. The molecule has 0 spiro atoms. The van der Waals surface area contributed by atoms with Crippen LogP contribution in [0.5, 0.6) is 0 Å². The molecule has 4 unspecified atom stereocenters. The van der Waals surface area contributed by atoms with Gasteiger partial charge >= 0.3 is 0 Å². The predicted molar refractivity (Wildman–Crippen MR) is 97.9 cm³/mol. The highest BCUT2D eigenvalue weighted by Gasteiger charge is 2.40. The van der Waals surface area contributed by atoms with Gasteiger partial charge in [-0.3, -0.25) is 9.59 Å². The summed E-state index contributed by atoms with van der Waals surface area (Å²) in [7, 11) is 0. The Kier molecular flexibility index (Phi) is 6.00. The normalized spacial score (nSPS) is 36.2. The molecule has 25 heavy (non-hydrogen) atoms. The van der Waals surface area contributed by atoms with Crippen molar-refractivity contribution in [3.05, 3.63) is 0 Å². The Balaban J connectivity index is 1.50. The van der Waals surface area contributed by atoms with E-state index in [9.17, 15) is 9.59 Å². The zero-order valence-electron chi connectivity index (χ0n) is 15.6. The molecule has 3 rings (SSSR count). The van der Waals surface area contributed by atoms with E-state index in [-0.39, 0.29) is 29.3 Å². The van der Waals surface area contributed by atoms with Gasteiger partial charge < -0.3 is 21.3 Å². The molecule has 0 bridgehead atoms. The number of likely N-dealkylation sites (tertiary alicyclic amines) is 1. The minimum absolute atomic E-state index is 0.0264. The summed E-state index contributed by atoms with van der Waals surface area (Å²) >= 11 is 0. The monoisotopic (exact) mass is 350 g/mol. The second kappa shape index (κ2) is 8.04. The summed E-state index contributed by atoms with van der Waals surface area (Å²) in [5, 5.41) is 6.32. The van der Waals surface area contributed by atoms with Crippen LogP contribution in [-0.2, 0) is 9.59 Å². The first-order valence-corrected chi connectivity index (χ1v) is 10.1. The summed E-state index contributed by atoms with van der Waals surface area (Å²) in [5.41, 5.74) is 6.05. The van der Waals surface area contributed by atoms with E-state index < -0.39 is 0 Å². The van der Waals surface area contributed by atoms with Gasteiger partial charge in [-0.25, -0.2) is 0 Å². The first-order valence-electron chi connectivity index (χ1n) is 10.1. The molecular weight excluding hydrogens is 316 g/mol. The molecule has 2 heterocycles. The Morgan fingerprint density at radius 2 is 2.04 bits per heavy atom. The third-order valence-electron chi connectivity index (χ3n) is 6.32. The van der Waals surface area contributed by atoms with Crippen molar-refractivity contribution in [2.45, 2.75) is 69.9 Å². The van der Waals surface area contributed by atoms with Crippen LogP contribution in [0, 0.1) is 11.8 Å². The largest absolute Gasteiger partial charge is 0.354 e. The zero-order valence-corrected chi connectivity index (χ0v) is 15.6. The molecule has 0 aromatic carbocycles. The van der Waals surface area contributed by atoms with E-state index in [0.29, 0.717) is 12.5 Å². The average molecular weight is 351 g/mol. The van der Waals surface area contributed by atoms with Gasteiger partial charge in [-0.15, -0.1) is 0 Å². The molecular formula is C19H34N4O2. The van der Waals surface area contributed by atoms with Crippen LogP contribution in [0.3, 0.4) is 0 Å². The fourth-order valence-corrected chi connectivity index (χ4v) is 4.69. The molecule has 0 aromatic rings. The van der Waals surface area contributed by atoms with Crippen LogP contribution in [0.15, 0.2) is 0 Å². The summed E-state index contributed by atoms with van der Waals surface area (Å²) in [6.45, 7) is 5.23. The highest BCUT2D eigenvalue weighted by molar-refractivity contribution is 5.82. The lowest BCUT2D eigenvalue weighted by Gasteiger charge is -2.42. The molecule has 1 saturated carbocycles. The number of hydrogen-bond acceptors (Lipinski definition) is 4. The molecule has 142 valence electrons. The van der Waals surface area contributed by atoms with Gasteiger partial charge in [-0.1, -0.05) is 12.8 Å². The van der Waals surface area contributed by atoms with Crippen LogP contribution in [-0.4, -0.2) is 54.5 Å². The molecule has 4 N–H and O–H groups in total. The molecule has 1 aliphatic carbocycles. The number of amides is 2. The maximum absolute atomic E-state index is 13.0. The minimum Gasteiger partial charge on any atom is -0.354 e. The topological polar surface area (TPSA) is 87.5 Å². The minimum atomic E-state index is -0.370. The maximum atomic E-state index is 13.0. The highest BCUT2D eigenvalue weighted by atomic mass is 16.2. The second-order valence-electron chi connectivity index (χ2n) is 8.49. The Hall–Kier alpha value is -1.14. The molecule has 2 aliphatic heterocycles. The summed E-state index contributed by atoms with van der Waals surface area (Å²) in [5.74, 6) is 0.661. The van der Waals surface area contributed by atoms with E-state index in [4.69, 9.17) is 5.73 Å². The van der Waals surface area contributed by atoms with E-state index in [2.05, 4.69) is 10.6 Å². The average Bonchev–Trinajstić information content (AvgIpc) is 3.14. The summed E-state index contributed by atoms with van der Waals surface area (Å²) in [6.07, 6.45) is 8.17. The smallest absolute Gasteiger partial charge is 0.237 e. The van der Waals surface area contributed by atoms with Crippen LogP contribution in [0.2, 0.25) is 0 Å². The molecule has 3 fully saturated rings. The van der Waals surface area contributed by atoms with Crippen molar-refractivity contribution in [1.82, 2.24) is 15.5 Å². The third kappa shape index (κ3) is 4.53. The zero-order chi connectivity index (χ0) is 17.9. The fourth-order valence-electron chi connectivity index (χ4n) is 4.69. The number of carbonyl (C=O) groups is 2. The summed E-state index contributed by atoms with van der Waals surface area (Å²) in [6, 6.07) is -0.0264. The van der Waals surface area contributed by atoms with Gasteiger partial charge in [-0.2, -0.15) is 0 Å². The number of nitrogens with one attached hydrogen (secondary N) is 2. The molecule has 6 nitrogen and oxygen atoms in total.